The van der Waals surface area contributed by atoms with E-state index in [1.54, 1.807) is 0 Å². The number of benzene rings is 1. The van der Waals surface area contributed by atoms with Crippen LogP contribution >= 0.6 is 0 Å². The first-order valence-corrected chi connectivity index (χ1v) is 20.5. The molecule has 0 unspecified atom stereocenters. The van der Waals surface area contributed by atoms with E-state index < -0.39 is 0 Å². The lowest BCUT2D eigenvalue weighted by molar-refractivity contribution is -0.130. The summed E-state index contributed by atoms with van der Waals surface area (Å²) in [5.74, 6) is -0.151. The van der Waals surface area contributed by atoms with E-state index in [0.29, 0.717) is 12.8 Å². The number of imide groups is 1. The van der Waals surface area contributed by atoms with Crippen LogP contribution in [0.3, 0.4) is 0 Å². The average Bonchev–Trinajstić information content (AvgIpc) is 3.04. The first-order valence-electron chi connectivity index (χ1n) is 20.5. The second kappa shape index (κ2) is 33.3. The van der Waals surface area contributed by atoms with Gasteiger partial charge in [-0.3, -0.25) is 14.9 Å². The molecule has 0 aromatic heterocycles. The molecule has 1 aromatic carbocycles. The van der Waals surface area contributed by atoms with Gasteiger partial charge in [-0.1, -0.05) is 210 Å². The normalized spacial score (nSPS) is 11.3. The van der Waals surface area contributed by atoms with Crippen molar-refractivity contribution >= 4 is 11.8 Å². The molecule has 0 radical (unpaired) electrons. The smallest absolute Gasteiger partial charge is 0.226 e. The number of carbonyl (C=O) groups is 2. The van der Waals surface area contributed by atoms with Gasteiger partial charge in [0.15, 0.2) is 0 Å². The number of carbonyl (C=O) groups excluding carboxylic acids is 2. The lowest BCUT2D eigenvalue weighted by atomic mass is 10.0. The minimum Gasteiger partial charge on any atom is -0.296 e. The Labute approximate surface area is 287 Å². The fraction of sp³-hybridized carbons (Fsp3) is 0.814. The minimum absolute atomic E-state index is 0.0754. The number of rotatable bonds is 34. The van der Waals surface area contributed by atoms with Gasteiger partial charge >= 0.3 is 0 Å². The predicted octanol–water partition coefficient (Wildman–Crippen LogP) is 13.7. The maximum absolute atomic E-state index is 12.1. The highest BCUT2D eigenvalue weighted by atomic mass is 16.2. The van der Waals surface area contributed by atoms with Crippen molar-refractivity contribution in [2.24, 2.45) is 0 Å². The largest absolute Gasteiger partial charge is 0.296 e. The standard InChI is InChI=1S/C43H77NO2/c1-3-4-5-6-7-8-9-10-12-16-19-22-25-28-31-37-42(45)44-43(46)38-32-29-26-23-20-17-14-11-13-15-18-21-24-27-30-35-41-36-33-34-40(2)39-41/h33-34,36,39H,3-32,35,37-38H2,1-2H3,(H,44,45,46). The summed E-state index contributed by atoms with van der Waals surface area (Å²) < 4.78 is 0. The van der Waals surface area contributed by atoms with Gasteiger partial charge in [0.05, 0.1) is 0 Å². The second-order valence-electron chi connectivity index (χ2n) is 14.5. The molecule has 0 atom stereocenters. The lowest BCUT2D eigenvalue weighted by Crippen LogP contribution is -2.29. The lowest BCUT2D eigenvalue weighted by Gasteiger charge is -2.06. The van der Waals surface area contributed by atoms with Crippen molar-refractivity contribution in [1.29, 1.82) is 0 Å². The Kier molecular flexibility index (Phi) is 30.7. The molecule has 0 saturated heterocycles. The van der Waals surface area contributed by atoms with Crippen LogP contribution in [0.25, 0.3) is 0 Å². The van der Waals surface area contributed by atoms with Crippen molar-refractivity contribution in [3.8, 4) is 0 Å². The van der Waals surface area contributed by atoms with Crippen LogP contribution in [0.1, 0.15) is 224 Å². The van der Waals surface area contributed by atoms with Gasteiger partial charge in [0.2, 0.25) is 11.8 Å². The zero-order valence-electron chi connectivity index (χ0n) is 31.0. The van der Waals surface area contributed by atoms with E-state index in [2.05, 4.69) is 43.4 Å². The van der Waals surface area contributed by atoms with E-state index in [1.807, 2.05) is 0 Å². The molecule has 0 fully saturated rings. The first-order chi connectivity index (χ1) is 22.6. The monoisotopic (exact) mass is 640 g/mol. The van der Waals surface area contributed by atoms with Crippen molar-refractivity contribution in [3.63, 3.8) is 0 Å². The van der Waals surface area contributed by atoms with Crippen molar-refractivity contribution in [2.75, 3.05) is 0 Å². The van der Waals surface area contributed by atoms with Gasteiger partial charge in [0, 0.05) is 12.8 Å². The Bertz CT molecular complexity index is 819. The molecule has 0 aliphatic heterocycles. The van der Waals surface area contributed by atoms with Crippen LogP contribution < -0.4 is 5.32 Å². The quantitative estimate of drug-likeness (QED) is 0.0763. The number of unbranched alkanes of at least 4 members (excludes halogenated alkanes) is 28. The molecular weight excluding hydrogens is 562 g/mol. The molecule has 1 N–H and O–H groups in total. The summed E-state index contributed by atoms with van der Waals surface area (Å²) in [4.78, 5) is 24.2. The third-order valence-electron chi connectivity index (χ3n) is 9.74. The molecule has 1 aromatic rings. The predicted molar refractivity (Wildman–Crippen MR) is 201 cm³/mol. The van der Waals surface area contributed by atoms with Crippen LogP contribution in [0.2, 0.25) is 0 Å². The van der Waals surface area contributed by atoms with Gasteiger partial charge in [0.25, 0.3) is 0 Å². The Morgan fingerprint density at radius 2 is 0.783 bits per heavy atom. The second-order valence-corrected chi connectivity index (χ2v) is 14.5. The zero-order valence-corrected chi connectivity index (χ0v) is 31.0. The molecule has 0 heterocycles. The molecular formula is C43H77NO2. The first kappa shape index (κ1) is 42.4. The van der Waals surface area contributed by atoms with Gasteiger partial charge in [-0.15, -0.1) is 0 Å². The Hall–Kier alpha value is -1.64. The summed E-state index contributed by atoms with van der Waals surface area (Å²) in [5, 5.41) is 2.61. The summed E-state index contributed by atoms with van der Waals surface area (Å²) in [6.07, 6.45) is 41.7. The van der Waals surface area contributed by atoms with E-state index in [-0.39, 0.29) is 11.8 Å². The topological polar surface area (TPSA) is 46.2 Å². The van der Waals surface area contributed by atoms with Crippen LogP contribution in [0.4, 0.5) is 0 Å². The maximum Gasteiger partial charge on any atom is 0.226 e. The molecule has 0 aliphatic carbocycles. The van der Waals surface area contributed by atoms with E-state index in [4.69, 9.17) is 0 Å². The molecule has 0 spiro atoms. The highest BCUT2D eigenvalue weighted by Gasteiger charge is 2.07. The van der Waals surface area contributed by atoms with Crippen LogP contribution in [-0.2, 0) is 16.0 Å². The molecule has 2 amide bonds. The van der Waals surface area contributed by atoms with Gasteiger partial charge in [-0.05, 0) is 38.2 Å². The van der Waals surface area contributed by atoms with Crippen LogP contribution in [0.5, 0.6) is 0 Å². The van der Waals surface area contributed by atoms with Crippen LogP contribution in [0.15, 0.2) is 24.3 Å². The van der Waals surface area contributed by atoms with Gasteiger partial charge in [0.1, 0.15) is 0 Å². The zero-order chi connectivity index (χ0) is 33.2. The van der Waals surface area contributed by atoms with Crippen LogP contribution in [-0.4, -0.2) is 11.8 Å². The Morgan fingerprint density at radius 1 is 0.457 bits per heavy atom. The van der Waals surface area contributed by atoms with Crippen molar-refractivity contribution in [2.45, 2.75) is 226 Å². The highest BCUT2D eigenvalue weighted by molar-refractivity contribution is 5.95. The molecule has 0 saturated carbocycles. The summed E-state index contributed by atoms with van der Waals surface area (Å²) in [6.45, 7) is 4.46. The fourth-order valence-electron chi connectivity index (χ4n) is 6.72. The summed E-state index contributed by atoms with van der Waals surface area (Å²) in [7, 11) is 0. The van der Waals surface area contributed by atoms with Crippen molar-refractivity contribution in [3.05, 3.63) is 35.4 Å². The van der Waals surface area contributed by atoms with E-state index in [9.17, 15) is 9.59 Å². The third kappa shape index (κ3) is 29.7. The van der Waals surface area contributed by atoms with Crippen LogP contribution in [0, 0.1) is 6.92 Å². The van der Waals surface area contributed by atoms with E-state index >= 15 is 0 Å². The Balaban J connectivity index is 1.74. The van der Waals surface area contributed by atoms with Gasteiger partial charge in [-0.25, -0.2) is 0 Å². The summed E-state index contributed by atoms with van der Waals surface area (Å²) in [5.41, 5.74) is 2.88. The minimum atomic E-state index is -0.0757. The molecule has 0 aliphatic rings. The molecule has 3 heteroatoms. The number of hydrogen-bond donors (Lipinski definition) is 1. The molecule has 3 nitrogen and oxygen atoms in total. The Morgan fingerprint density at radius 3 is 1.13 bits per heavy atom. The van der Waals surface area contributed by atoms with Gasteiger partial charge in [-0.2, -0.15) is 0 Å². The number of nitrogens with one attached hydrogen (secondary N) is 1. The highest BCUT2D eigenvalue weighted by Crippen LogP contribution is 2.16. The SMILES string of the molecule is CCCCCCCCCCCCCCCCCC(=O)NC(=O)CCCCCCCCCCCCCCCCCc1cccc(C)c1. The molecule has 266 valence electrons. The average molecular weight is 640 g/mol. The van der Waals surface area contributed by atoms with E-state index in [0.717, 1.165) is 25.7 Å². The number of aryl methyl sites for hydroxylation is 2. The fourth-order valence-corrected chi connectivity index (χ4v) is 6.72. The third-order valence-corrected chi connectivity index (χ3v) is 9.74. The number of hydrogen-bond acceptors (Lipinski definition) is 2. The van der Waals surface area contributed by atoms with Crippen molar-refractivity contribution < 1.29 is 9.59 Å². The molecule has 0 bridgehead atoms. The maximum atomic E-state index is 12.1. The molecule has 1 rings (SSSR count). The van der Waals surface area contributed by atoms with Gasteiger partial charge < -0.3 is 0 Å². The number of amides is 2. The summed E-state index contributed by atoms with van der Waals surface area (Å²) >= 11 is 0. The van der Waals surface area contributed by atoms with E-state index in [1.165, 1.54) is 184 Å². The summed E-state index contributed by atoms with van der Waals surface area (Å²) in [6, 6.07) is 8.96. The molecule has 46 heavy (non-hydrogen) atoms. The van der Waals surface area contributed by atoms with Crippen molar-refractivity contribution in [1.82, 2.24) is 5.32 Å².